The molecule has 1 aromatic heterocycles. The van der Waals surface area contributed by atoms with Gasteiger partial charge in [0.2, 0.25) is 17.5 Å². The number of aromatic nitrogens is 1. The van der Waals surface area contributed by atoms with Crippen molar-refractivity contribution in [1.29, 1.82) is 0 Å². The minimum Gasteiger partial charge on any atom is -0.491 e. The number of amides is 1. The van der Waals surface area contributed by atoms with Crippen molar-refractivity contribution in [3.8, 4) is 17.2 Å². The molecule has 0 spiro atoms. The molecule has 0 aliphatic heterocycles. The quantitative estimate of drug-likeness (QED) is 0.276. The van der Waals surface area contributed by atoms with E-state index in [-0.39, 0.29) is 5.69 Å². The van der Waals surface area contributed by atoms with Crippen LogP contribution >= 0.6 is 15.9 Å². The Morgan fingerprint density at radius 3 is 2.39 bits per heavy atom. The lowest BCUT2D eigenvalue weighted by Crippen LogP contribution is -2.18. The smallest absolute Gasteiger partial charge is 0.261 e. The Bertz CT molecular complexity index is 1310. The van der Waals surface area contributed by atoms with Crippen molar-refractivity contribution in [2.75, 3.05) is 12.4 Å². The molecule has 4 rings (SSSR count). The highest BCUT2D eigenvalue weighted by atomic mass is 79.9. The molecule has 0 saturated heterocycles. The van der Waals surface area contributed by atoms with Crippen LogP contribution < -0.4 is 10.1 Å². The molecule has 31 heavy (non-hydrogen) atoms. The first-order chi connectivity index (χ1) is 14.8. The van der Waals surface area contributed by atoms with Crippen LogP contribution in [0, 0.1) is 23.3 Å². The minimum atomic E-state index is -1.87. The van der Waals surface area contributed by atoms with Gasteiger partial charge in [0.15, 0.2) is 23.0 Å². The average molecular weight is 495 g/mol. The lowest BCUT2D eigenvalue weighted by Gasteiger charge is -2.11. The van der Waals surface area contributed by atoms with Crippen molar-refractivity contribution >= 4 is 38.6 Å². The molecule has 1 amide bonds. The van der Waals surface area contributed by atoms with Crippen LogP contribution in [-0.2, 0) is 0 Å². The Balaban J connectivity index is 1.67. The van der Waals surface area contributed by atoms with Crippen LogP contribution in [0.5, 0.6) is 5.75 Å². The van der Waals surface area contributed by atoms with Gasteiger partial charge in [0.05, 0.1) is 7.11 Å². The molecule has 0 saturated carbocycles. The number of carbonyl (C=O) groups excluding carboxylic acids is 1. The highest BCUT2D eigenvalue weighted by Crippen LogP contribution is 2.31. The highest BCUT2D eigenvalue weighted by molar-refractivity contribution is 9.10. The van der Waals surface area contributed by atoms with Gasteiger partial charge in [0, 0.05) is 15.7 Å². The van der Waals surface area contributed by atoms with Gasteiger partial charge in [-0.25, -0.2) is 13.8 Å². The summed E-state index contributed by atoms with van der Waals surface area (Å²) in [6, 6.07) is 11.5. The third kappa shape index (κ3) is 3.74. The fourth-order valence-corrected chi connectivity index (χ4v) is 3.33. The molecule has 5 nitrogen and oxygen atoms in total. The van der Waals surface area contributed by atoms with E-state index >= 15 is 0 Å². The third-order valence-corrected chi connectivity index (χ3v) is 4.86. The summed E-state index contributed by atoms with van der Waals surface area (Å²) in [5, 5.41) is 2.20. The molecule has 0 radical (unpaired) electrons. The van der Waals surface area contributed by atoms with Gasteiger partial charge < -0.3 is 14.5 Å². The topological polar surface area (TPSA) is 64.4 Å². The Hall–Kier alpha value is -3.40. The number of fused-ring (bicyclic) bond motifs is 1. The summed E-state index contributed by atoms with van der Waals surface area (Å²) < 4.78 is 66.9. The van der Waals surface area contributed by atoms with Gasteiger partial charge in [0.25, 0.3) is 5.91 Å². The van der Waals surface area contributed by atoms with Crippen LogP contribution in [-0.4, -0.2) is 18.0 Å². The largest absolute Gasteiger partial charge is 0.491 e. The molecule has 10 heteroatoms. The van der Waals surface area contributed by atoms with Gasteiger partial charge in [-0.2, -0.15) is 8.78 Å². The maximum atomic E-state index is 14.2. The SMILES string of the molecule is COc1c(F)c(F)c(C(=O)Nc2ccc3oc(-c4cccc(Br)c4)nc3c2)c(F)c1F. The maximum absolute atomic E-state index is 14.2. The molecule has 0 aliphatic rings. The summed E-state index contributed by atoms with van der Waals surface area (Å²) in [7, 11) is 0.843. The molecule has 0 fully saturated rings. The van der Waals surface area contributed by atoms with Crippen LogP contribution in [0.25, 0.3) is 22.6 Å². The van der Waals surface area contributed by atoms with Gasteiger partial charge in [-0.15, -0.1) is 0 Å². The zero-order chi connectivity index (χ0) is 22.3. The van der Waals surface area contributed by atoms with E-state index in [1.165, 1.54) is 18.2 Å². The number of hydrogen-bond donors (Lipinski definition) is 1. The van der Waals surface area contributed by atoms with E-state index in [0.717, 1.165) is 11.6 Å². The lowest BCUT2D eigenvalue weighted by molar-refractivity contribution is 0.101. The number of nitrogens with one attached hydrogen (secondary N) is 1. The number of oxazole rings is 1. The number of halogens is 5. The van der Waals surface area contributed by atoms with Crippen molar-refractivity contribution < 1.29 is 31.5 Å². The summed E-state index contributed by atoms with van der Waals surface area (Å²) >= 11 is 3.36. The van der Waals surface area contributed by atoms with Crippen molar-refractivity contribution in [2.24, 2.45) is 0 Å². The summed E-state index contributed by atoms with van der Waals surface area (Å²) in [5.74, 6) is -9.67. The third-order valence-electron chi connectivity index (χ3n) is 4.37. The van der Waals surface area contributed by atoms with Crippen molar-refractivity contribution in [3.05, 3.63) is 75.8 Å². The van der Waals surface area contributed by atoms with Crippen molar-refractivity contribution in [1.82, 2.24) is 4.98 Å². The molecule has 3 aromatic carbocycles. The predicted molar refractivity (Wildman–Crippen MR) is 108 cm³/mol. The fourth-order valence-electron chi connectivity index (χ4n) is 2.93. The number of rotatable bonds is 4. The van der Waals surface area contributed by atoms with Gasteiger partial charge in [-0.1, -0.05) is 22.0 Å². The number of carbonyl (C=O) groups is 1. The lowest BCUT2D eigenvalue weighted by atomic mass is 10.1. The summed E-state index contributed by atoms with van der Waals surface area (Å²) in [6.07, 6.45) is 0. The normalized spacial score (nSPS) is 11.0. The summed E-state index contributed by atoms with van der Waals surface area (Å²) in [4.78, 5) is 16.7. The summed E-state index contributed by atoms with van der Waals surface area (Å²) in [6.45, 7) is 0. The van der Waals surface area contributed by atoms with Crippen molar-refractivity contribution in [3.63, 3.8) is 0 Å². The molecule has 4 aromatic rings. The highest BCUT2D eigenvalue weighted by Gasteiger charge is 2.30. The molecule has 0 aliphatic carbocycles. The number of benzene rings is 3. The van der Waals surface area contributed by atoms with Gasteiger partial charge >= 0.3 is 0 Å². The Kier molecular flexibility index (Phi) is 5.40. The number of hydrogen-bond acceptors (Lipinski definition) is 4. The Morgan fingerprint density at radius 2 is 1.74 bits per heavy atom. The predicted octanol–water partition coefficient (Wildman–Crippen LogP) is 6.07. The second-order valence-corrected chi connectivity index (χ2v) is 7.25. The first-order valence-corrected chi connectivity index (χ1v) is 9.47. The van der Waals surface area contributed by atoms with Crippen LogP contribution in [0.15, 0.2) is 51.4 Å². The van der Waals surface area contributed by atoms with E-state index in [9.17, 15) is 22.4 Å². The maximum Gasteiger partial charge on any atom is 0.261 e. The van der Waals surface area contributed by atoms with Gasteiger partial charge in [0.1, 0.15) is 11.1 Å². The van der Waals surface area contributed by atoms with Gasteiger partial charge in [-0.3, -0.25) is 4.79 Å². The first-order valence-electron chi connectivity index (χ1n) is 8.68. The number of methoxy groups -OCH3 is 1. The molecular weight excluding hydrogens is 484 g/mol. The average Bonchev–Trinajstić information content (AvgIpc) is 3.16. The van der Waals surface area contributed by atoms with Crippen molar-refractivity contribution in [2.45, 2.75) is 0 Å². The van der Waals surface area contributed by atoms with E-state index in [2.05, 4.69) is 31.0 Å². The molecule has 1 heterocycles. The molecule has 1 N–H and O–H groups in total. The standard InChI is InChI=1S/C21H11BrF4N2O3/c1-30-19-17(25)15(23)14(16(24)18(19)26)20(29)27-11-5-6-13-12(8-11)28-21(31-13)9-3-2-4-10(22)7-9/h2-8H,1H3,(H,27,29). The Morgan fingerprint density at radius 1 is 1.03 bits per heavy atom. The molecule has 0 atom stereocenters. The molecular formula is C21H11BrF4N2O3. The Labute approximate surface area is 180 Å². The zero-order valence-corrected chi connectivity index (χ0v) is 17.2. The number of nitrogens with zero attached hydrogens (tertiary/aromatic N) is 1. The van der Waals surface area contributed by atoms with E-state index in [1.807, 2.05) is 6.07 Å². The number of anilines is 1. The molecule has 0 unspecified atom stereocenters. The van der Waals surface area contributed by atoms with Crippen LogP contribution in [0.3, 0.4) is 0 Å². The van der Waals surface area contributed by atoms with E-state index in [4.69, 9.17) is 4.42 Å². The van der Waals surface area contributed by atoms with E-state index in [0.29, 0.717) is 22.6 Å². The van der Waals surface area contributed by atoms with Crippen LogP contribution in [0.4, 0.5) is 23.2 Å². The second kappa shape index (κ2) is 8.03. The number of ether oxygens (including phenoxy) is 1. The second-order valence-electron chi connectivity index (χ2n) is 6.33. The van der Waals surface area contributed by atoms with E-state index < -0.39 is 40.5 Å². The zero-order valence-electron chi connectivity index (χ0n) is 15.6. The van der Waals surface area contributed by atoms with Crippen LogP contribution in [0.2, 0.25) is 0 Å². The fraction of sp³-hybridized carbons (Fsp3) is 0.0476. The monoisotopic (exact) mass is 494 g/mol. The minimum absolute atomic E-state index is 0.0852. The van der Waals surface area contributed by atoms with Crippen LogP contribution in [0.1, 0.15) is 10.4 Å². The first kappa shape index (κ1) is 20.9. The van der Waals surface area contributed by atoms with E-state index in [1.54, 1.807) is 18.2 Å². The van der Waals surface area contributed by atoms with Gasteiger partial charge in [-0.05, 0) is 36.4 Å². The molecule has 158 valence electrons. The molecule has 0 bridgehead atoms. The summed E-state index contributed by atoms with van der Waals surface area (Å²) in [5.41, 5.74) is 0.116.